The van der Waals surface area contributed by atoms with Gasteiger partial charge in [-0.15, -0.1) is 0 Å². The van der Waals surface area contributed by atoms with Gasteiger partial charge in [0.15, 0.2) is 0 Å². The second-order valence-corrected chi connectivity index (χ2v) is 6.13. The summed E-state index contributed by atoms with van der Waals surface area (Å²) in [6.07, 6.45) is 0. The molecule has 0 bridgehead atoms. The van der Waals surface area contributed by atoms with Gasteiger partial charge < -0.3 is 0 Å². The van der Waals surface area contributed by atoms with E-state index in [1.54, 1.807) is 30.3 Å². The van der Waals surface area contributed by atoms with Crippen LogP contribution in [0.4, 0.5) is 4.39 Å². The van der Waals surface area contributed by atoms with Crippen LogP contribution in [0.25, 0.3) is 0 Å². The Bertz CT molecular complexity index is 732. The predicted octanol–water partition coefficient (Wildman–Crippen LogP) is 3.68. The number of hydrazine groups is 1. The minimum absolute atomic E-state index is 0.00320. The van der Waals surface area contributed by atoms with Crippen molar-refractivity contribution in [2.24, 2.45) is 5.92 Å². The van der Waals surface area contributed by atoms with Crippen LogP contribution in [-0.4, -0.2) is 11.8 Å². The molecule has 0 radical (unpaired) electrons. The lowest BCUT2D eigenvalue weighted by molar-refractivity contribution is -0.124. The van der Waals surface area contributed by atoms with Crippen molar-refractivity contribution in [1.29, 1.82) is 0 Å². The monoisotopic (exact) mass is 348 g/mol. The molecular formula is C18H18ClFN2O2. The minimum Gasteiger partial charge on any atom is -0.273 e. The third-order valence-corrected chi connectivity index (χ3v) is 3.85. The quantitative estimate of drug-likeness (QED) is 0.828. The molecule has 0 unspecified atom stereocenters. The number of hydrogen-bond acceptors (Lipinski definition) is 2. The van der Waals surface area contributed by atoms with E-state index < -0.39 is 17.6 Å². The van der Waals surface area contributed by atoms with E-state index in [0.717, 1.165) is 5.56 Å². The molecule has 24 heavy (non-hydrogen) atoms. The Morgan fingerprint density at radius 1 is 1.00 bits per heavy atom. The van der Waals surface area contributed by atoms with Crippen LogP contribution >= 0.6 is 11.6 Å². The van der Waals surface area contributed by atoms with Gasteiger partial charge in [0.1, 0.15) is 5.82 Å². The summed E-state index contributed by atoms with van der Waals surface area (Å²) in [6, 6.07) is 12.5. The fourth-order valence-electron chi connectivity index (χ4n) is 2.42. The number of nitrogens with one attached hydrogen (secondary N) is 2. The van der Waals surface area contributed by atoms with Crippen molar-refractivity contribution >= 4 is 23.4 Å². The Kier molecular flexibility index (Phi) is 5.93. The van der Waals surface area contributed by atoms with E-state index in [0.29, 0.717) is 5.02 Å². The summed E-state index contributed by atoms with van der Waals surface area (Å²) in [6.45, 7) is 3.80. The van der Waals surface area contributed by atoms with Crippen molar-refractivity contribution in [3.63, 3.8) is 0 Å². The third-order valence-electron chi connectivity index (χ3n) is 3.60. The molecule has 2 amide bonds. The average Bonchev–Trinajstić information content (AvgIpc) is 2.55. The summed E-state index contributed by atoms with van der Waals surface area (Å²) in [5.74, 6) is -2.21. The molecular weight excluding hydrogens is 331 g/mol. The Morgan fingerprint density at radius 3 is 2.21 bits per heavy atom. The van der Waals surface area contributed by atoms with Crippen LogP contribution in [0, 0.1) is 11.7 Å². The van der Waals surface area contributed by atoms with Crippen LogP contribution < -0.4 is 10.9 Å². The summed E-state index contributed by atoms with van der Waals surface area (Å²) in [7, 11) is 0. The SMILES string of the molecule is CC(C)[C@@H](C(=O)NNC(=O)c1ccccc1F)c1ccc(Cl)cc1. The van der Waals surface area contributed by atoms with Crippen LogP contribution in [0.5, 0.6) is 0 Å². The maximum atomic E-state index is 13.6. The predicted molar refractivity (Wildman–Crippen MR) is 91.0 cm³/mol. The Hall–Kier alpha value is -2.40. The van der Waals surface area contributed by atoms with E-state index in [9.17, 15) is 14.0 Å². The fourth-order valence-corrected chi connectivity index (χ4v) is 2.54. The molecule has 4 nitrogen and oxygen atoms in total. The maximum Gasteiger partial charge on any atom is 0.272 e. The number of carbonyl (C=O) groups excluding carboxylic acids is 2. The van der Waals surface area contributed by atoms with Gasteiger partial charge in [-0.3, -0.25) is 20.4 Å². The molecule has 0 aliphatic rings. The summed E-state index contributed by atoms with van der Waals surface area (Å²) < 4.78 is 13.6. The summed E-state index contributed by atoms with van der Waals surface area (Å²) >= 11 is 5.87. The Labute approximate surface area is 145 Å². The average molecular weight is 349 g/mol. The highest BCUT2D eigenvalue weighted by molar-refractivity contribution is 6.30. The summed E-state index contributed by atoms with van der Waals surface area (Å²) in [4.78, 5) is 24.4. The van der Waals surface area contributed by atoms with Crippen LogP contribution in [0.1, 0.15) is 35.7 Å². The zero-order valence-corrected chi connectivity index (χ0v) is 14.1. The largest absolute Gasteiger partial charge is 0.273 e. The van der Waals surface area contributed by atoms with Gasteiger partial charge in [0.25, 0.3) is 5.91 Å². The molecule has 2 rings (SSSR count). The zero-order chi connectivity index (χ0) is 17.7. The molecule has 0 saturated carbocycles. The molecule has 2 aromatic rings. The lowest BCUT2D eigenvalue weighted by Crippen LogP contribution is -2.45. The van der Waals surface area contributed by atoms with Gasteiger partial charge in [-0.25, -0.2) is 4.39 Å². The molecule has 6 heteroatoms. The normalized spacial score (nSPS) is 11.9. The van der Waals surface area contributed by atoms with Crippen molar-refractivity contribution in [3.05, 3.63) is 70.5 Å². The molecule has 1 atom stereocenters. The van der Waals surface area contributed by atoms with Gasteiger partial charge in [-0.2, -0.15) is 0 Å². The summed E-state index contributed by atoms with van der Waals surface area (Å²) in [5.41, 5.74) is 5.27. The number of halogens is 2. The highest BCUT2D eigenvalue weighted by Crippen LogP contribution is 2.25. The van der Waals surface area contributed by atoms with E-state index in [4.69, 9.17) is 11.6 Å². The molecule has 2 N–H and O–H groups in total. The first-order chi connectivity index (χ1) is 11.4. The maximum absolute atomic E-state index is 13.6. The second-order valence-electron chi connectivity index (χ2n) is 5.70. The molecule has 0 fully saturated rings. The lowest BCUT2D eigenvalue weighted by Gasteiger charge is -2.21. The molecule has 0 aliphatic heterocycles. The van der Waals surface area contributed by atoms with Crippen LogP contribution in [0.15, 0.2) is 48.5 Å². The van der Waals surface area contributed by atoms with Gasteiger partial charge in [0.2, 0.25) is 5.91 Å². The van der Waals surface area contributed by atoms with E-state index >= 15 is 0 Å². The number of hydrogen-bond donors (Lipinski definition) is 2. The van der Waals surface area contributed by atoms with E-state index in [1.807, 2.05) is 13.8 Å². The highest BCUT2D eigenvalue weighted by atomic mass is 35.5. The molecule has 0 spiro atoms. The van der Waals surface area contributed by atoms with E-state index in [1.165, 1.54) is 18.2 Å². The molecule has 0 heterocycles. The van der Waals surface area contributed by atoms with Crippen molar-refractivity contribution in [2.45, 2.75) is 19.8 Å². The van der Waals surface area contributed by atoms with Crippen LogP contribution in [0.2, 0.25) is 5.02 Å². The standard InChI is InChI=1S/C18H18ClFN2O2/c1-11(2)16(12-7-9-13(19)10-8-12)18(24)22-21-17(23)14-5-3-4-6-15(14)20/h3-11,16H,1-2H3,(H,21,23)(H,22,24)/t16-/m1/s1. The first-order valence-electron chi connectivity index (χ1n) is 7.50. The zero-order valence-electron chi connectivity index (χ0n) is 13.3. The number of benzene rings is 2. The second kappa shape index (κ2) is 7.93. The first-order valence-corrected chi connectivity index (χ1v) is 7.88. The van der Waals surface area contributed by atoms with Crippen molar-refractivity contribution < 1.29 is 14.0 Å². The highest BCUT2D eigenvalue weighted by Gasteiger charge is 2.24. The molecule has 0 saturated heterocycles. The lowest BCUT2D eigenvalue weighted by atomic mass is 9.88. The molecule has 0 aliphatic carbocycles. The number of carbonyl (C=O) groups is 2. The smallest absolute Gasteiger partial charge is 0.272 e. The molecule has 0 aromatic heterocycles. The summed E-state index contributed by atoms with van der Waals surface area (Å²) in [5, 5.41) is 0.578. The molecule has 2 aromatic carbocycles. The van der Waals surface area contributed by atoms with Crippen molar-refractivity contribution in [3.8, 4) is 0 Å². The van der Waals surface area contributed by atoms with Gasteiger partial charge in [-0.05, 0) is 35.7 Å². The van der Waals surface area contributed by atoms with Gasteiger partial charge >= 0.3 is 0 Å². The van der Waals surface area contributed by atoms with Crippen LogP contribution in [0.3, 0.4) is 0 Å². The Morgan fingerprint density at radius 2 is 1.62 bits per heavy atom. The van der Waals surface area contributed by atoms with E-state index in [-0.39, 0.29) is 17.4 Å². The van der Waals surface area contributed by atoms with Crippen molar-refractivity contribution in [2.75, 3.05) is 0 Å². The third kappa shape index (κ3) is 4.32. The number of amides is 2. The fraction of sp³-hybridized carbons (Fsp3) is 0.222. The first kappa shape index (κ1) is 17.9. The topological polar surface area (TPSA) is 58.2 Å². The van der Waals surface area contributed by atoms with Gasteiger partial charge in [0, 0.05) is 5.02 Å². The van der Waals surface area contributed by atoms with Crippen molar-refractivity contribution in [1.82, 2.24) is 10.9 Å². The van der Waals surface area contributed by atoms with E-state index in [2.05, 4.69) is 10.9 Å². The number of rotatable bonds is 4. The van der Waals surface area contributed by atoms with Crippen LogP contribution in [-0.2, 0) is 4.79 Å². The minimum atomic E-state index is -0.708. The van der Waals surface area contributed by atoms with Gasteiger partial charge in [0.05, 0.1) is 11.5 Å². The molecule has 126 valence electrons. The Balaban J connectivity index is 2.07. The van der Waals surface area contributed by atoms with Gasteiger partial charge in [-0.1, -0.05) is 49.7 Å².